The maximum absolute atomic E-state index is 12.0. The van der Waals surface area contributed by atoms with Gasteiger partial charge < -0.3 is 20.5 Å². The van der Waals surface area contributed by atoms with Crippen LogP contribution in [0.25, 0.3) is 0 Å². The van der Waals surface area contributed by atoms with Gasteiger partial charge >= 0.3 is 11.9 Å². The number of hydrogen-bond acceptors (Lipinski definition) is 6. The molecule has 0 unspecified atom stereocenters. The Morgan fingerprint density at radius 1 is 0.958 bits per heavy atom. The zero-order chi connectivity index (χ0) is 19.1. The van der Waals surface area contributed by atoms with Crippen LogP contribution in [-0.2, 0) is 23.9 Å². The van der Waals surface area contributed by atoms with Crippen molar-refractivity contribution in [2.45, 2.75) is 91.0 Å². The maximum Gasteiger partial charge on any atom is 0.329 e. The number of carbonyl (C=O) groups is 3. The van der Waals surface area contributed by atoms with Crippen molar-refractivity contribution < 1.29 is 23.9 Å². The Bertz CT molecular complexity index is 449. The molecule has 0 aliphatic rings. The van der Waals surface area contributed by atoms with Crippen LogP contribution >= 0.6 is 0 Å². The van der Waals surface area contributed by atoms with Gasteiger partial charge in [0.15, 0.2) is 0 Å². The third kappa shape index (κ3) is 10.2. The first kappa shape index (κ1) is 22.4. The minimum atomic E-state index is -0.878. The largest absolute Gasteiger partial charge is 0.459 e. The van der Waals surface area contributed by atoms with Gasteiger partial charge in [-0.3, -0.25) is 9.59 Å². The van der Waals surface area contributed by atoms with Crippen LogP contribution in [0.5, 0.6) is 0 Å². The number of carbonyl (C=O) groups excluding carboxylic acids is 3. The second kappa shape index (κ2) is 9.01. The van der Waals surface area contributed by atoms with Gasteiger partial charge in [0.05, 0.1) is 0 Å². The van der Waals surface area contributed by atoms with Crippen LogP contribution in [0.2, 0.25) is 0 Å². The monoisotopic (exact) mass is 344 g/mol. The number of nitrogens with one attached hydrogen (secondary N) is 1. The fraction of sp³-hybridized carbons (Fsp3) is 0.824. The summed E-state index contributed by atoms with van der Waals surface area (Å²) in [4.78, 5) is 35.7. The van der Waals surface area contributed by atoms with E-state index in [0.29, 0.717) is 6.42 Å². The van der Waals surface area contributed by atoms with E-state index in [1.165, 1.54) is 0 Å². The van der Waals surface area contributed by atoms with E-state index in [9.17, 15) is 14.4 Å². The SMILES string of the molecule is CC[C@H](NC(=O)CC[C@H](N)C(=O)OC(C)(C)C)C(=O)OC(C)(C)C. The fourth-order valence-electron chi connectivity index (χ4n) is 1.75. The van der Waals surface area contributed by atoms with Gasteiger partial charge in [0.1, 0.15) is 23.3 Å². The fourth-order valence-corrected chi connectivity index (χ4v) is 1.75. The van der Waals surface area contributed by atoms with Gasteiger partial charge in [-0.25, -0.2) is 4.79 Å². The molecule has 0 aromatic rings. The third-order valence-corrected chi connectivity index (χ3v) is 2.83. The molecule has 140 valence electrons. The summed E-state index contributed by atoms with van der Waals surface area (Å²) >= 11 is 0. The number of amides is 1. The Morgan fingerprint density at radius 3 is 1.83 bits per heavy atom. The van der Waals surface area contributed by atoms with Gasteiger partial charge in [0.2, 0.25) is 5.91 Å². The highest BCUT2D eigenvalue weighted by Gasteiger charge is 2.26. The van der Waals surface area contributed by atoms with E-state index in [2.05, 4.69) is 5.32 Å². The average Bonchev–Trinajstić information content (AvgIpc) is 2.37. The van der Waals surface area contributed by atoms with E-state index >= 15 is 0 Å². The minimum Gasteiger partial charge on any atom is -0.459 e. The van der Waals surface area contributed by atoms with E-state index in [0.717, 1.165) is 0 Å². The average molecular weight is 344 g/mol. The molecular formula is C17H32N2O5. The molecule has 0 aliphatic heterocycles. The van der Waals surface area contributed by atoms with Crippen LogP contribution in [0.1, 0.15) is 67.7 Å². The molecule has 0 rings (SSSR count). The van der Waals surface area contributed by atoms with E-state index in [4.69, 9.17) is 15.2 Å². The van der Waals surface area contributed by atoms with Crippen LogP contribution < -0.4 is 11.1 Å². The molecule has 3 N–H and O–H groups in total. The minimum absolute atomic E-state index is 0.0275. The molecule has 24 heavy (non-hydrogen) atoms. The Morgan fingerprint density at radius 2 is 1.42 bits per heavy atom. The third-order valence-electron chi connectivity index (χ3n) is 2.83. The molecule has 2 atom stereocenters. The smallest absolute Gasteiger partial charge is 0.329 e. The summed E-state index contributed by atoms with van der Waals surface area (Å²) in [5.41, 5.74) is 4.49. The Labute approximate surface area is 144 Å². The predicted octanol–water partition coefficient (Wildman–Crippen LogP) is 1.67. The summed E-state index contributed by atoms with van der Waals surface area (Å²) in [7, 11) is 0. The van der Waals surface area contributed by atoms with Crippen LogP contribution in [0, 0.1) is 0 Å². The van der Waals surface area contributed by atoms with Gasteiger partial charge in [-0.15, -0.1) is 0 Å². The zero-order valence-electron chi connectivity index (χ0n) is 15.9. The molecule has 7 heteroatoms. The second-order valence-electron chi connectivity index (χ2n) is 7.74. The van der Waals surface area contributed by atoms with Crippen molar-refractivity contribution in [3.8, 4) is 0 Å². The molecule has 0 bridgehead atoms. The first-order valence-corrected chi connectivity index (χ1v) is 8.26. The first-order valence-electron chi connectivity index (χ1n) is 8.26. The Balaban J connectivity index is 4.41. The summed E-state index contributed by atoms with van der Waals surface area (Å²) < 4.78 is 10.4. The highest BCUT2D eigenvalue weighted by atomic mass is 16.6. The summed E-state index contributed by atoms with van der Waals surface area (Å²) in [6.45, 7) is 12.3. The standard InChI is InChI=1S/C17H32N2O5/c1-8-12(15(22)24-17(5,6)7)19-13(20)10-9-11(18)14(21)23-16(2,3)4/h11-12H,8-10,18H2,1-7H3,(H,19,20)/t11-,12-/m0/s1. The normalized spacial score (nSPS) is 14.5. The molecule has 0 fully saturated rings. The van der Waals surface area contributed by atoms with Gasteiger partial charge in [-0.1, -0.05) is 6.92 Å². The molecule has 7 nitrogen and oxygen atoms in total. The lowest BCUT2D eigenvalue weighted by atomic mass is 10.1. The van der Waals surface area contributed by atoms with Gasteiger partial charge in [-0.2, -0.15) is 0 Å². The summed E-state index contributed by atoms with van der Waals surface area (Å²) in [5.74, 6) is -1.38. The van der Waals surface area contributed by atoms with Crippen molar-refractivity contribution in [3.63, 3.8) is 0 Å². The van der Waals surface area contributed by atoms with Gasteiger partial charge in [0, 0.05) is 6.42 Å². The predicted molar refractivity (Wildman–Crippen MR) is 91.1 cm³/mol. The number of ether oxygens (including phenoxy) is 2. The van der Waals surface area contributed by atoms with E-state index in [1.54, 1.807) is 48.5 Å². The van der Waals surface area contributed by atoms with Crippen molar-refractivity contribution >= 4 is 17.8 Å². The van der Waals surface area contributed by atoms with E-state index in [-0.39, 0.29) is 18.7 Å². The lowest BCUT2D eigenvalue weighted by molar-refractivity contribution is -0.159. The number of nitrogens with two attached hydrogens (primary N) is 1. The molecule has 0 saturated heterocycles. The Hall–Kier alpha value is -1.63. The number of esters is 2. The molecule has 1 amide bonds. The molecule has 0 aromatic heterocycles. The van der Waals surface area contributed by atoms with Crippen LogP contribution in [0.4, 0.5) is 0 Å². The molecule has 0 aromatic carbocycles. The van der Waals surface area contributed by atoms with E-state index in [1.807, 2.05) is 0 Å². The summed E-state index contributed by atoms with van der Waals surface area (Å²) in [5, 5.41) is 2.61. The highest BCUT2D eigenvalue weighted by molar-refractivity contribution is 5.85. The van der Waals surface area contributed by atoms with Gasteiger partial charge in [-0.05, 0) is 54.4 Å². The van der Waals surface area contributed by atoms with Gasteiger partial charge in [0.25, 0.3) is 0 Å². The molecule has 0 aliphatic carbocycles. The van der Waals surface area contributed by atoms with Crippen molar-refractivity contribution in [2.24, 2.45) is 5.73 Å². The molecule has 0 radical (unpaired) electrons. The maximum atomic E-state index is 12.0. The summed E-state index contributed by atoms with van der Waals surface area (Å²) in [6, 6.07) is -1.59. The summed E-state index contributed by atoms with van der Waals surface area (Å²) in [6.07, 6.45) is 0.587. The van der Waals surface area contributed by atoms with Crippen molar-refractivity contribution in [3.05, 3.63) is 0 Å². The second-order valence-corrected chi connectivity index (χ2v) is 7.74. The van der Waals surface area contributed by atoms with Crippen molar-refractivity contribution in [1.29, 1.82) is 0 Å². The highest BCUT2D eigenvalue weighted by Crippen LogP contribution is 2.11. The number of hydrogen-bond donors (Lipinski definition) is 2. The molecule has 0 saturated carbocycles. The molecule has 0 heterocycles. The van der Waals surface area contributed by atoms with Crippen molar-refractivity contribution in [1.82, 2.24) is 5.32 Å². The lowest BCUT2D eigenvalue weighted by Gasteiger charge is -2.24. The lowest BCUT2D eigenvalue weighted by Crippen LogP contribution is -2.44. The molecular weight excluding hydrogens is 312 g/mol. The Kier molecular flexibility index (Phi) is 8.40. The van der Waals surface area contributed by atoms with Crippen molar-refractivity contribution in [2.75, 3.05) is 0 Å². The van der Waals surface area contributed by atoms with Crippen LogP contribution in [0.3, 0.4) is 0 Å². The topological polar surface area (TPSA) is 108 Å². The molecule has 0 spiro atoms. The first-order chi connectivity index (χ1) is 10.7. The number of rotatable bonds is 7. The van der Waals surface area contributed by atoms with Crippen LogP contribution in [0.15, 0.2) is 0 Å². The quantitative estimate of drug-likeness (QED) is 0.680. The van der Waals surface area contributed by atoms with Crippen LogP contribution in [-0.4, -0.2) is 41.1 Å². The van der Waals surface area contributed by atoms with E-state index < -0.39 is 35.2 Å². The zero-order valence-corrected chi connectivity index (χ0v) is 15.9.